The second kappa shape index (κ2) is 11.1. The molecule has 1 aromatic carbocycles. The third-order valence-corrected chi connectivity index (χ3v) is 6.06. The number of nitrogens with zero attached hydrogens (tertiary/aromatic N) is 4. The molecule has 0 spiro atoms. The summed E-state index contributed by atoms with van der Waals surface area (Å²) in [4.78, 5) is 23.6. The highest BCUT2D eigenvalue weighted by Gasteiger charge is 2.30. The van der Waals surface area contributed by atoms with E-state index in [9.17, 15) is 4.79 Å². The van der Waals surface area contributed by atoms with Gasteiger partial charge in [0.05, 0.1) is 14.2 Å². The lowest BCUT2D eigenvalue weighted by molar-refractivity contribution is -0.125. The Morgan fingerprint density at radius 2 is 2.00 bits per heavy atom. The number of fused-ring (bicyclic) bond motifs is 1. The maximum Gasteiger partial charge on any atom is 0.246 e. The third-order valence-electron chi connectivity index (χ3n) is 6.06. The number of nitrogen functional groups attached to an aromatic ring is 1. The molecule has 1 saturated heterocycles. The lowest BCUT2D eigenvalue weighted by atomic mass is 10.1. The minimum absolute atomic E-state index is 0.0112. The summed E-state index contributed by atoms with van der Waals surface area (Å²) < 4.78 is 12.6. The Bertz CT molecular complexity index is 1310. The second-order valence-corrected chi connectivity index (χ2v) is 8.94. The molecule has 4 rings (SSSR count). The summed E-state index contributed by atoms with van der Waals surface area (Å²) in [5.74, 6) is 8.87. The molecule has 3 heterocycles. The molecule has 0 unspecified atom stereocenters. The van der Waals surface area contributed by atoms with Crippen molar-refractivity contribution in [1.82, 2.24) is 24.6 Å². The Kier molecular flexibility index (Phi) is 7.76. The van der Waals surface area contributed by atoms with Gasteiger partial charge < -0.3 is 25.4 Å². The average Bonchev–Trinajstić information content (AvgIpc) is 3.50. The van der Waals surface area contributed by atoms with Crippen LogP contribution in [0.2, 0.25) is 0 Å². The van der Waals surface area contributed by atoms with E-state index in [-0.39, 0.29) is 11.8 Å². The number of imidazole rings is 1. The van der Waals surface area contributed by atoms with Gasteiger partial charge in [0, 0.05) is 61.7 Å². The van der Waals surface area contributed by atoms with Crippen molar-refractivity contribution in [3.05, 3.63) is 59.8 Å². The van der Waals surface area contributed by atoms with E-state index in [1.807, 2.05) is 33.7 Å². The van der Waals surface area contributed by atoms with E-state index in [1.165, 1.54) is 0 Å². The monoisotopic (exact) mass is 488 g/mol. The zero-order valence-electron chi connectivity index (χ0n) is 21.1. The van der Waals surface area contributed by atoms with Crippen molar-refractivity contribution in [1.29, 1.82) is 0 Å². The number of hydrogen-bond acceptors (Lipinski definition) is 7. The summed E-state index contributed by atoms with van der Waals surface area (Å²) in [7, 11) is 3.20. The van der Waals surface area contributed by atoms with Gasteiger partial charge in [-0.3, -0.25) is 9.20 Å². The number of nitrogens with two attached hydrogens (primary N) is 1. The summed E-state index contributed by atoms with van der Waals surface area (Å²) in [5.41, 5.74) is 8.17. The van der Waals surface area contributed by atoms with E-state index in [0.29, 0.717) is 54.2 Å². The third kappa shape index (κ3) is 5.61. The average molecular weight is 489 g/mol. The van der Waals surface area contributed by atoms with Crippen molar-refractivity contribution in [3.63, 3.8) is 0 Å². The molecule has 9 heteroatoms. The number of amides is 1. The van der Waals surface area contributed by atoms with Gasteiger partial charge in [0.1, 0.15) is 28.5 Å². The first-order valence-corrected chi connectivity index (χ1v) is 12.0. The molecule has 9 nitrogen and oxygen atoms in total. The van der Waals surface area contributed by atoms with Crippen LogP contribution in [-0.4, -0.2) is 65.1 Å². The van der Waals surface area contributed by atoms with E-state index >= 15 is 0 Å². The number of aromatic nitrogens is 3. The Morgan fingerprint density at radius 3 is 2.69 bits per heavy atom. The number of methoxy groups -OCH3 is 2. The van der Waals surface area contributed by atoms with Gasteiger partial charge in [-0.25, -0.2) is 9.97 Å². The maximum absolute atomic E-state index is 12.7. The summed E-state index contributed by atoms with van der Waals surface area (Å²) in [5, 5.41) is 3.28. The molecule has 1 aliphatic rings. The van der Waals surface area contributed by atoms with Crippen LogP contribution in [0.4, 0.5) is 5.82 Å². The molecular formula is C27H32N6O3. The highest BCUT2D eigenvalue weighted by atomic mass is 16.5. The number of likely N-dealkylation sites (tertiary alicyclic amines) is 1. The van der Waals surface area contributed by atoms with Gasteiger partial charge in [-0.05, 0) is 24.5 Å². The Labute approximate surface area is 211 Å². The highest BCUT2D eigenvalue weighted by molar-refractivity contribution is 5.88. The van der Waals surface area contributed by atoms with E-state index in [0.717, 1.165) is 17.8 Å². The second-order valence-electron chi connectivity index (χ2n) is 8.94. The molecular weight excluding hydrogens is 456 g/mol. The molecule has 0 bridgehead atoms. The van der Waals surface area contributed by atoms with Crippen molar-refractivity contribution in [2.24, 2.45) is 0 Å². The van der Waals surface area contributed by atoms with E-state index in [1.54, 1.807) is 32.6 Å². The molecule has 1 atom stereocenters. The number of hydrogen-bond donors (Lipinski definition) is 2. The van der Waals surface area contributed by atoms with Crippen LogP contribution in [0.3, 0.4) is 0 Å². The van der Waals surface area contributed by atoms with Gasteiger partial charge in [0.15, 0.2) is 5.82 Å². The predicted molar refractivity (Wildman–Crippen MR) is 139 cm³/mol. The normalized spacial score (nSPS) is 15.5. The molecule has 3 aromatic rings. The first kappa shape index (κ1) is 25.1. The van der Waals surface area contributed by atoms with Crippen molar-refractivity contribution >= 4 is 17.2 Å². The number of benzene rings is 1. The van der Waals surface area contributed by atoms with Crippen molar-refractivity contribution in [2.45, 2.75) is 32.2 Å². The molecule has 0 radical (unpaired) electrons. The fourth-order valence-corrected chi connectivity index (χ4v) is 4.21. The number of anilines is 1. The first-order chi connectivity index (χ1) is 17.4. The Balaban J connectivity index is 1.59. The summed E-state index contributed by atoms with van der Waals surface area (Å²) in [6.45, 7) is 6.07. The number of nitrogens with one attached hydrogen (secondary N) is 1. The lowest BCUT2D eigenvalue weighted by Gasteiger charge is -2.14. The highest BCUT2D eigenvalue weighted by Crippen LogP contribution is 2.30. The van der Waals surface area contributed by atoms with Gasteiger partial charge in [-0.2, -0.15) is 0 Å². The minimum atomic E-state index is 0.0112. The zero-order valence-corrected chi connectivity index (χ0v) is 21.1. The van der Waals surface area contributed by atoms with Gasteiger partial charge in [0.25, 0.3) is 0 Å². The largest absolute Gasteiger partial charge is 0.497 e. The molecule has 1 fully saturated rings. The van der Waals surface area contributed by atoms with Crippen LogP contribution in [0.15, 0.2) is 42.7 Å². The van der Waals surface area contributed by atoms with Crippen LogP contribution in [-0.2, 0) is 4.79 Å². The zero-order chi connectivity index (χ0) is 25.7. The summed E-state index contributed by atoms with van der Waals surface area (Å²) in [6.07, 6.45) is 7.82. The van der Waals surface area contributed by atoms with Crippen LogP contribution in [0.1, 0.15) is 43.3 Å². The van der Waals surface area contributed by atoms with Gasteiger partial charge in [0.2, 0.25) is 5.91 Å². The smallest absolute Gasteiger partial charge is 0.246 e. The number of ether oxygens (including phenoxy) is 2. The van der Waals surface area contributed by atoms with Crippen LogP contribution >= 0.6 is 0 Å². The fraction of sp³-hybridized carbons (Fsp3) is 0.370. The quantitative estimate of drug-likeness (QED) is 0.389. The molecule has 3 N–H and O–H groups in total. The van der Waals surface area contributed by atoms with E-state index in [2.05, 4.69) is 36.0 Å². The fourth-order valence-electron chi connectivity index (χ4n) is 4.21. The van der Waals surface area contributed by atoms with Crippen molar-refractivity contribution in [2.75, 3.05) is 39.6 Å². The molecule has 188 valence electrons. The molecule has 2 aromatic heterocycles. The van der Waals surface area contributed by atoms with Gasteiger partial charge in [-0.15, -0.1) is 0 Å². The van der Waals surface area contributed by atoms with Crippen molar-refractivity contribution < 1.29 is 14.3 Å². The number of carbonyl (C=O) groups excluding carboxylic acids is 1. The molecule has 1 amide bonds. The number of rotatable bonds is 7. The lowest BCUT2D eigenvalue weighted by Crippen LogP contribution is -2.27. The standard InChI is InChI=1S/C27H32N6O3/c1-18(2)29-10-5-6-24(34)32-12-9-20(17-32)27-31-23(25-26(28)30-11-13-33(25)27)8-7-19-14-21(35-3)16-22(15-19)36-4/h5-6,11,13-16,18,20,29H,9-10,12,17H2,1-4H3,(H2,28,30)/b6-5+/t20-/m1/s1. The molecule has 36 heavy (non-hydrogen) atoms. The Morgan fingerprint density at radius 1 is 1.25 bits per heavy atom. The van der Waals surface area contributed by atoms with Crippen LogP contribution in [0.25, 0.3) is 5.52 Å². The molecule has 1 aliphatic heterocycles. The van der Waals surface area contributed by atoms with Crippen LogP contribution < -0.4 is 20.5 Å². The van der Waals surface area contributed by atoms with Gasteiger partial charge in [-0.1, -0.05) is 25.8 Å². The van der Waals surface area contributed by atoms with E-state index in [4.69, 9.17) is 20.2 Å². The maximum atomic E-state index is 12.7. The van der Waals surface area contributed by atoms with Crippen molar-refractivity contribution in [3.8, 4) is 23.3 Å². The van der Waals surface area contributed by atoms with Crippen LogP contribution in [0.5, 0.6) is 11.5 Å². The summed E-state index contributed by atoms with van der Waals surface area (Å²) in [6, 6.07) is 5.84. The van der Waals surface area contributed by atoms with Crippen LogP contribution in [0, 0.1) is 11.8 Å². The topological polar surface area (TPSA) is 107 Å². The number of carbonyl (C=O) groups is 1. The SMILES string of the molecule is COc1cc(C#Cc2nc([C@@H]3CCN(C(=O)/C=C/CNC(C)C)C3)n3ccnc(N)c23)cc(OC)c1. The Hall–Kier alpha value is -4.03. The predicted octanol–water partition coefficient (Wildman–Crippen LogP) is 2.60. The first-order valence-electron chi connectivity index (χ1n) is 12.0. The molecule has 0 aliphatic carbocycles. The molecule has 0 saturated carbocycles. The van der Waals surface area contributed by atoms with E-state index < -0.39 is 0 Å². The van der Waals surface area contributed by atoms with Gasteiger partial charge >= 0.3 is 0 Å². The minimum Gasteiger partial charge on any atom is -0.497 e. The summed E-state index contributed by atoms with van der Waals surface area (Å²) >= 11 is 0.